The number of carbonyl (C=O) groups is 1. The van der Waals surface area contributed by atoms with Crippen LogP contribution in [0.3, 0.4) is 0 Å². The zero-order chi connectivity index (χ0) is 14.4. The second-order valence-electron chi connectivity index (χ2n) is 4.39. The largest absolute Gasteiger partial charge is 0.481 e. The van der Waals surface area contributed by atoms with Gasteiger partial charge in [-0.2, -0.15) is 5.10 Å². The van der Waals surface area contributed by atoms with Crippen molar-refractivity contribution in [3.63, 3.8) is 0 Å². The normalized spacial score (nSPS) is 10.4. The maximum absolute atomic E-state index is 10.8. The van der Waals surface area contributed by atoms with E-state index in [1.807, 2.05) is 46.8 Å². The van der Waals surface area contributed by atoms with E-state index in [9.17, 15) is 4.79 Å². The van der Waals surface area contributed by atoms with Gasteiger partial charge >= 0.3 is 5.97 Å². The van der Waals surface area contributed by atoms with E-state index in [-0.39, 0.29) is 6.42 Å². The van der Waals surface area contributed by atoms with Crippen molar-refractivity contribution in [3.8, 4) is 0 Å². The summed E-state index contributed by atoms with van der Waals surface area (Å²) in [6.07, 6.45) is 1.62. The lowest BCUT2D eigenvalue weighted by Crippen LogP contribution is -2.27. The smallest absolute Gasteiger partial charge is 0.305 e. The predicted molar refractivity (Wildman–Crippen MR) is 75.4 cm³/mol. The van der Waals surface area contributed by atoms with Gasteiger partial charge in [0.25, 0.3) is 0 Å². The molecule has 6 nitrogen and oxygen atoms in total. The lowest BCUT2D eigenvalue weighted by Gasteiger charge is -2.23. The van der Waals surface area contributed by atoms with Crippen LogP contribution in [0.4, 0.5) is 5.69 Å². The van der Waals surface area contributed by atoms with Crippen LogP contribution < -0.4 is 4.90 Å². The summed E-state index contributed by atoms with van der Waals surface area (Å²) < 4.78 is 1.82. The first-order valence-corrected chi connectivity index (χ1v) is 6.59. The standard InChI is InChI=1S/C14H18N4O2/c1-2-18-13(15-11-16-18)10-17(9-8-14(19)20)12-6-4-3-5-7-12/h3-7,11H,2,8-10H2,1H3,(H,19,20). The first-order valence-electron chi connectivity index (χ1n) is 6.59. The molecule has 0 saturated carbocycles. The number of aliphatic carboxylic acids is 1. The number of para-hydroxylation sites is 1. The van der Waals surface area contributed by atoms with Crippen LogP contribution in [0, 0.1) is 0 Å². The Hall–Kier alpha value is -2.37. The van der Waals surface area contributed by atoms with Gasteiger partial charge in [-0.3, -0.25) is 4.79 Å². The molecule has 1 N–H and O–H groups in total. The predicted octanol–water partition coefficient (Wildman–Crippen LogP) is 1.78. The summed E-state index contributed by atoms with van der Waals surface area (Å²) in [5, 5.41) is 13.0. The van der Waals surface area contributed by atoms with Crippen LogP contribution >= 0.6 is 0 Å². The van der Waals surface area contributed by atoms with Crippen molar-refractivity contribution >= 4 is 11.7 Å². The van der Waals surface area contributed by atoms with Crippen molar-refractivity contribution in [2.45, 2.75) is 26.4 Å². The first kappa shape index (κ1) is 14.0. The van der Waals surface area contributed by atoms with Gasteiger partial charge in [0, 0.05) is 18.8 Å². The van der Waals surface area contributed by atoms with Crippen molar-refractivity contribution in [3.05, 3.63) is 42.5 Å². The number of rotatable bonds is 7. The van der Waals surface area contributed by atoms with E-state index < -0.39 is 5.97 Å². The van der Waals surface area contributed by atoms with Gasteiger partial charge in [-0.05, 0) is 19.1 Å². The molecule has 0 fully saturated rings. The van der Waals surface area contributed by atoms with Crippen LogP contribution in [-0.2, 0) is 17.9 Å². The Morgan fingerprint density at radius 3 is 2.75 bits per heavy atom. The second-order valence-corrected chi connectivity index (χ2v) is 4.39. The molecule has 1 aromatic heterocycles. The second kappa shape index (κ2) is 6.70. The lowest BCUT2D eigenvalue weighted by molar-refractivity contribution is -0.136. The highest BCUT2D eigenvalue weighted by Crippen LogP contribution is 2.16. The highest BCUT2D eigenvalue weighted by molar-refractivity contribution is 5.67. The van der Waals surface area contributed by atoms with Gasteiger partial charge in [0.15, 0.2) is 0 Å². The molecule has 0 radical (unpaired) electrons. The molecule has 106 valence electrons. The summed E-state index contributed by atoms with van der Waals surface area (Å²) in [5.74, 6) is 0.0321. The zero-order valence-electron chi connectivity index (χ0n) is 11.4. The SMILES string of the molecule is CCn1ncnc1CN(CCC(=O)O)c1ccccc1. The monoisotopic (exact) mass is 274 g/mol. The molecule has 0 unspecified atom stereocenters. The van der Waals surface area contributed by atoms with E-state index in [1.165, 1.54) is 6.33 Å². The summed E-state index contributed by atoms with van der Waals surface area (Å²) in [5.41, 5.74) is 0.986. The molecule has 20 heavy (non-hydrogen) atoms. The number of benzene rings is 1. The van der Waals surface area contributed by atoms with Crippen LogP contribution in [0.25, 0.3) is 0 Å². The lowest BCUT2D eigenvalue weighted by atomic mass is 10.2. The molecule has 0 aliphatic carbocycles. The summed E-state index contributed by atoms with van der Waals surface area (Å²) in [6, 6.07) is 9.75. The number of aryl methyl sites for hydroxylation is 1. The summed E-state index contributed by atoms with van der Waals surface area (Å²) in [7, 11) is 0. The quantitative estimate of drug-likeness (QED) is 0.833. The number of aromatic nitrogens is 3. The van der Waals surface area contributed by atoms with Gasteiger partial charge in [-0.1, -0.05) is 18.2 Å². The van der Waals surface area contributed by atoms with Crippen molar-refractivity contribution in [1.82, 2.24) is 14.8 Å². The molecular weight excluding hydrogens is 256 g/mol. The summed E-state index contributed by atoms with van der Waals surface area (Å²) in [6.45, 7) is 3.74. The van der Waals surface area contributed by atoms with E-state index in [0.717, 1.165) is 18.1 Å². The Balaban J connectivity index is 2.16. The van der Waals surface area contributed by atoms with Gasteiger partial charge in [0.2, 0.25) is 0 Å². The molecule has 0 aliphatic rings. The van der Waals surface area contributed by atoms with Gasteiger partial charge in [-0.25, -0.2) is 9.67 Å². The molecule has 0 amide bonds. The molecule has 2 aromatic rings. The van der Waals surface area contributed by atoms with Crippen LogP contribution in [0.15, 0.2) is 36.7 Å². The fourth-order valence-electron chi connectivity index (χ4n) is 2.01. The van der Waals surface area contributed by atoms with Gasteiger partial charge in [-0.15, -0.1) is 0 Å². The van der Waals surface area contributed by atoms with Crippen LogP contribution in [0.2, 0.25) is 0 Å². The number of hydrogen-bond acceptors (Lipinski definition) is 4. The van der Waals surface area contributed by atoms with Crippen molar-refractivity contribution < 1.29 is 9.90 Å². The number of carboxylic acids is 1. The van der Waals surface area contributed by atoms with Crippen LogP contribution in [0.1, 0.15) is 19.2 Å². The maximum Gasteiger partial charge on any atom is 0.305 e. The fraction of sp³-hybridized carbons (Fsp3) is 0.357. The molecular formula is C14H18N4O2. The Bertz CT molecular complexity index is 553. The average molecular weight is 274 g/mol. The number of carboxylic acid groups (broad SMARTS) is 1. The maximum atomic E-state index is 10.8. The Morgan fingerprint density at radius 1 is 1.35 bits per heavy atom. The third-order valence-corrected chi connectivity index (χ3v) is 3.04. The minimum atomic E-state index is -0.803. The molecule has 1 aromatic carbocycles. The van der Waals surface area contributed by atoms with E-state index in [0.29, 0.717) is 13.1 Å². The van der Waals surface area contributed by atoms with Crippen molar-refractivity contribution in [2.24, 2.45) is 0 Å². The van der Waals surface area contributed by atoms with Crippen molar-refractivity contribution in [2.75, 3.05) is 11.4 Å². The van der Waals surface area contributed by atoms with Gasteiger partial charge < -0.3 is 10.0 Å². The van der Waals surface area contributed by atoms with Crippen LogP contribution in [0.5, 0.6) is 0 Å². The highest BCUT2D eigenvalue weighted by Gasteiger charge is 2.12. The first-order chi connectivity index (χ1) is 9.70. The van der Waals surface area contributed by atoms with E-state index in [2.05, 4.69) is 10.1 Å². The Kier molecular flexibility index (Phi) is 4.70. The molecule has 0 bridgehead atoms. The van der Waals surface area contributed by atoms with Gasteiger partial charge in [0.05, 0.1) is 13.0 Å². The third kappa shape index (κ3) is 3.57. The minimum absolute atomic E-state index is 0.0924. The van der Waals surface area contributed by atoms with E-state index in [4.69, 9.17) is 5.11 Å². The van der Waals surface area contributed by atoms with Gasteiger partial charge in [0.1, 0.15) is 12.2 Å². The molecule has 2 rings (SSSR count). The van der Waals surface area contributed by atoms with Crippen LogP contribution in [-0.4, -0.2) is 32.4 Å². The molecule has 1 heterocycles. The van der Waals surface area contributed by atoms with Crippen molar-refractivity contribution in [1.29, 1.82) is 0 Å². The molecule has 0 aliphatic heterocycles. The Morgan fingerprint density at radius 2 is 2.10 bits per heavy atom. The average Bonchev–Trinajstić information content (AvgIpc) is 2.91. The summed E-state index contributed by atoms with van der Waals surface area (Å²) in [4.78, 5) is 17.0. The Labute approximate surface area is 117 Å². The molecule has 6 heteroatoms. The zero-order valence-corrected chi connectivity index (χ0v) is 11.4. The fourth-order valence-corrected chi connectivity index (χ4v) is 2.01. The number of hydrogen-bond donors (Lipinski definition) is 1. The third-order valence-electron chi connectivity index (χ3n) is 3.04. The number of nitrogens with zero attached hydrogens (tertiary/aromatic N) is 4. The van der Waals surface area contributed by atoms with E-state index >= 15 is 0 Å². The number of anilines is 1. The molecule has 0 spiro atoms. The minimum Gasteiger partial charge on any atom is -0.481 e. The summed E-state index contributed by atoms with van der Waals surface area (Å²) >= 11 is 0. The topological polar surface area (TPSA) is 71.2 Å². The molecule has 0 atom stereocenters. The van der Waals surface area contributed by atoms with E-state index in [1.54, 1.807) is 0 Å². The highest BCUT2D eigenvalue weighted by atomic mass is 16.4. The molecule has 0 saturated heterocycles.